The topological polar surface area (TPSA) is 50.4 Å². The molecule has 1 unspecified atom stereocenters. The first-order valence-corrected chi connectivity index (χ1v) is 8.84. The zero-order valence-corrected chi connectivity index (χ0v) is 14.6. The fourth-order valence-corrected chi connectivity index (χ4v) is 2.67. The number of hydrogen-bond acceptors (Lipinski definition) is 2. The van der Waals surface area contributed by atoms with Crippen LogP contribution in [0.15, 0.2) is 24.3 Å². The van der Waals surface area contributed by atoms with Gasteiger partial charge in [-0.2, -0.15) is 0 Å². The Labute approximate surface area is 140 Å². The molecular weight excluding hydrogens is 288 g/mol. The zero-order valence-electron chi connectivity index (χ0n) is 14.6. The second-order valence-corrected chi connectivity index (χ2v) is 6.88. The highest BCUT2D eigenvalue weighted by molar-refractivity contribution is 5.74. The van der Waals surface area contributed by atoms with Gasteiger partial charge in [0, 0.05) is 12.6 Å². The summed E-state index contributed by atoms with van der Waals surface area (Å²) < 4.78 is 6.02. The molecule has 0 spiro atoms. The maximum Gasteiger partial charge on any atom is 0.315 e. The molecule has 2 rings (SSSR count). The van der Waals surface area contributed by atoms with Crippen molar-refractivity contribution in [2.24, 2.45) is 5.92 Å². The normalized spacial score (nSPS) is 16.9. The maximum atomic E-state index is 11.8. The summed E-state index contributed by atoms with van der Waals surface area (Å²) in [6, 6.07) is 8.09. The molecule has 0 radical (unpaired) electrons. The molecule has 0 saturated heterocycles. The summed E-state index contributed by atoms with van der Waals surface area (Å²) in [6.45, 7) is 6.73. The van der Waals surface area contributed by atoms with Gasteiger partial charge in [0.05, 0.1) is 6.10 Å². The molecule has 1 aliphatic rings. The van der Waals surface area contributed by atoms with Crippen molar-refractivity contribution in [3.05, 3.63) is 29.8 Å². The molecule has 0 aromatic heterocycles. The van der Waals surface area contributed by atoms with E-state index in [-0.39, 0.29) is 12.1 Å². The SMILES string of the molecule is CC(C)C(C)NC(=O)NCc1ccc(OC2CCCCC2)cc1. The minimum absolute atomic E-state index is 0.117. The molecule has 0 bridgehead atoms. The van der Waals surface area contributed by atoms with E-state index in [1.54, 1.807) is 0 Å². The molecule has 128 valence electrons. The summed E-state index contributed by atoms with van der Waals surface area (Å²) >= 11 is 0. The Morgan fingerprint density at radius 3 is 2.39 bits per heavy atom. The van der Waals surface area contributed by atoms with Crippen LogP contribution >= 0.6 is 0 Å². The standard InChI is InChI=1S/C19H30N2O2/c1-14(2)15(3)21-19(22)20-13-16-9-11-18(12-10-16)23-17-7-5-4-6-8-17/h9-12,14-15,17H,4-8,13H2,1-3H3,(H2,20,21,22). The fraction of sp³-hybridized carbons (Fsp3) is 0.632. The molecule has 1 aliphatic carbocycles. The largest absolute Gasteiger partial charge is 0.490 e. The Morgan fingerprint density at radius 2 is 1.78 bits per heavy atom. The number of carbonyl (C=O) groups excluding carboxylic acids is 1. The van der Waals surface area contributed by atoms with Crippen molar-refractivity contribution in [2.45, 2.75) is 71.6 Å². The predicted molar refractivity (Wildman–Crippen MR) is 93.6 cm³/mol. The third-order valence-electron chi connectivity index (χ3n) is 4.59. The number of nitrogens with one attached hydrogen (secondary N) is 2. The lowest BCUT2D eigenvalue weighted by Gasteiger charge is -2.23. The van der Waals surface area contributed by atoms with Crippen molar-refractivity contribution in [3.8, 4) is 5.75 Å². The van der Waals surface area contributed by atoms with Gasteiger partial charge in [-0.25, -0.2) is 4.79 Å². The van der Waals surface area contributed by atoms with Crippen LogP contribution in [0.3, 0.4) is 0 Å². The Bertz CT molecular complexity index is 479. The van der Waals surface area contributed by atoms with Gasteiger partial charge in [-0.15, -0.1) is 0 Å². The van der Waals surface area contributed by atoms with E-state index in [1.807, 2.05) is 31.2 Å². The summed E-state index contributed by atoms with van der Waals surface area (Å²) in [7, 11) is 0. The van der Waals surface area contributed by atoms with Crippen LogP contribution in [0.5, 0.6) is 5.75 Å². The summed E-state index contributed by atoms with van der Waals surface area (Å²) in [5.74, 6) is 1.36. The lowest BCUT2D eigenvalue weighted by atomic mass is 9.98. The lowest BCUT2D eigenvalue weighted by molar-refractivity contribution is 0.155. The quantitative estimate of drug-likeness (QED) is 0.824. The van der Waals surface area contributed by atoms with E-state index in [9.17, 15) is 4.79 Å². The zero-order chi connectivity index (χ0) is 16.7. The molecule has 1 saturated carbocycles. The molecule has 0 aliphatic heterocycles. The highest BCUT2D eigenvalue weighted by Gasteiger charge is 2.14. The third-order valence-corrected chi connectivity index (χ3v) is 4.59. The second-order valence-electron chi connectivity index (χ2n) is 6.88. The van der Waals surface area contributed by atoms with Gasteiger partial charge in [0.2, 0.25) is 0 Å². The van der Waals surface area contributed by atoms with Crippen molar-refractivity contribution in [3.63, 3.8) is 0 Å². The van der Waals surface area contributed by atoms with E-state index in [4.69, 9.17) is 4.74 Å². The smallest absolute Gasteiger partial charge is 0.315 e. The van der Waals surface area contributed by atoms with Crippen LogP contribution in [0.2, 0.25) is 0 Å². The van der Waals surface area contributed by atoms with Gasteiger partial charge in [0.1, 0.15) is 5.75 Å². The van der Waals surface area contributed by atoms with Gasteiger partial charge in [0.25, 0.3) is 0 Å². The van der Waals surface area contributed by atoms with E-state index in [0.717, 1.165) is 24.2 Å². The maximum absolute atomic E-state index is 11.8. The first-order chi connectivity index (χ1) is 11.0. The Hall–Kier alpha value is -1.71. The molecule has 4 nitrogen and oxygen atoms in total. The number of rotatable bonds is 6. The average Bonchev–Trinajstić information content (AvgIpc) is 2.55. The van der Waals surface area contributed by atoms with Gasteiger partial charge in [0.15, 0.2) is 0 Å². The van der Waals surface area contributed by atoms with E-state index in [2.05, 4.69) is 24.5 Å². The van der Waals surface area contributed by atoms with Crippen LogP contribution in [-0.4, -0.2) is 18.2 Å². The van der Waals surface area contributed by atoms with Crippen LogP contribution < -0.4 is 15.4 Å². The minimum Gasteiger partial charge on any atom is -0.490 e. The van der Waals surface area contributed by atoms with Gasteiger partial charge >= 0.3 is 6.03 Å². The summed E-state index contributed by atoms with van der Waals surface area (Å²) in [6.07, 6.45) is 6.58. The summed E-state index contributed by atoms with van der Waals surface area (Å²) in [5.41, 5.74) is 1.08. The van der Waals surface area contributed by atoms with Crippen LogP contribution in [0.1, 0.15) is 58.4 Å². The van der Waals surface area contributed by atoms with Crippen molar-refractivity contribution in [2.75, 3.05) is 0 Å². The van der Waals surface area contributed by atoms with Crippen LogP contribution in [0.25, 0.3) is 0 Å². The molecule has 1 fully saturated rings. The van der Waals surface area contributed by atoms with E-state index in [1.165, 1.54) is 19.3 Å². The highest BCUT2D eigenvalue weighted by Crippen LogP contribution is 2.23. The Kier molecular flexibility index (Phi) is 6.75. The number of hydrogen-bond donors (Lipinski definition) is 2. The Morgan fingerprint density at radius 1 is 1.13 bits per heavy atom. The molecular formula is C19H30N2O2. The molecule has 1 aromatic rings. The van der Waals surface area contributed by atoms with Crippen molar-refractivity contribution < 1.29 is 9.53 Å². The summed E-state index contributed by atoms with van der Waals surface area (Å²) in [5, 5.41) is 5.84. The van der Waals surface area contributed by atoms with Crippen molar-refractivity contribution in [1.82, 2.24) is 10.6 Å². The number of amides is 2. The van der Waals surface area contributed by atoms with Crippen molar-refractivity contribution in [1.29, 1.82) is 0 Å². The number of ether oxygens (including phenoxy) is 1. The van der Waals surface area contributed by atoms with Gasteiger partial charge in [-0.1, -0.05) is 32.4 Å². The van der Waals surface area contributed by atoms with E-state index >= 15 is 0 Å². The molecule has 2 N–H and O–H groups in total. The first kappa shape index (κ1) is 17.6. The molecule has 1 aromatic carbocycles. The molecule has 1 atom stereocenters. The van der Waals surface area contributed by atoms with Gasteiger partial charge < -0.3 is 15.4 Å². The third kappa shape index (κ3) is 6.12. The summed E-state index contributed by atoms with van der Waals surface area (Å²) in [4.78, 5) is 11.8. The highest BCUT2D eigenvalue weighted by atomic mass is 16.5. The minimum atomic E-state index is -0.117. The number of urea groups is 1. The van der Waals surface area contributed by atoms with E-state index < -0.39 is 0 Å². The number of carbonyl (C=O) groups is 1. The molecule has 4 heteroatoms. The monoisotopic (exact) mass is 318 g/mol. The predicted octanol–water partition coefficient (Wildman–Crippen LogP) is 4.24. The first-order valence-electron chi connectivity index (χ1n) is 8.84. The Balaban J connectivity index is 1.75. The molecule has 0 heterocycles. The van der Waals surface area contributed by atoms with E-state index in [0.29, 0.717) is 18.6 Å². The average molecular weight is 318 g/mol. The van der Waals surface area contributed by atoms with Crippen LogP contribution in [-0.2, 0) is 6.54 Å². The van der Waals surface area contributed by atoms with Gasteiger partial charge in [-0.3, -0.25) is 0 Å². The van der Waals surface area contributed by atoms with Crippen LogP contribution in [0.4, 0.5) is 4.79 Å². The van der Waals surface area contributed by atoms with Crippen LogP contribution in [0, 0.1) is 5.92 Å². The van der Waals surface area contributed by atoms with Crippen molar-refractivity contribution >= 4 is 6.03 Å². The fourth-order valence-electron chi connectivity index (χ4n) is 2.67. The lowest BCUT2D eigenvalue weighted by Crippen LogP contribution is -2.42. The molecule has 23 heavy (non-hydrogen) atoms. The number of benzene rings is 1. The molecule has 2 amide bonds. The van der Waals surface area contributed by atoms with Gasteiger partial charge in [-0.05, 0) is 56.2 Å². The second kappa shape index (κ2) is 8.80.